The molecule has 104 valence electrons. The van der Waals surface area contributed by atoms with Crippen LogP contribution in [-0.4, -0.2) is 24.2 Å². The fraction of sp³-hybridized carbons (Fsp3) is 0.333. The lowest BCUT2D eigenvalue weighted by atomic mass is 10.1. The van der Waals surface area contributed by atoms with Crippen LogP contribution in [-0.2, 0) is 0 Å². The van der Waals surface area contributed by atoms with Crippen LogP contribution in [0.1, 0.15) is 24.6 Å². The van der Waals surface area contributed by atoms with E-state index in [1.807, 2.05) is 18.2 Å². The summed E-state index contributed by atoms with van der Waals surface area (Å²) in [5.41, 5.74) is 1.71. The van der Waals surface area contributed by atoms with Gasteiger partial charge in [0.25, 0.3) is 0 Å². The average Bonchev–Trinajstić information content (AvgIpc) is 3.30. The van der Waals surface area contributed by atoms with Crippen molar-refractivity contribution in [1.29, 1.82) is 0 Å². The molecule has 20 heavy (non-hydrogen) atoms. The van der Waals surface area contributed by atoms with Crippen molar-refractivity contribution in [2.45, 2.75) is 18.8 Å². The Morgan fingerprint density at radius 1 is 1.00 bits per heavy atom. The SMILES string of the molecule is COc1cc(OC)cc(-c2cc(Cl)nc(C3CC3)n2)c1. The van der Waals surface area contributed by atoms with Gasteiger partial charge in [0.2, 0.25) is 0 Å². The minimum Gasteiger partial charge on any atom is -0.497 e. The van der Waals surface area contributed by atoms with Crippen LogP contribution in [0.4, 0.5) is 0 Å². The highest BCUT2D eigenvalue weighted by Crippen LogP contribution is 2.39. The maximum atomic E-state index is 6.11. The lowest BCUT2D eigenvalue weighted by molar-refractivity contribution is 0.394. The molecule has 1 saturated carbocycles. The summed E-state index contributed by atoms with van der Waals surface area (Å²) in [6, 6.07) is 7.42. The Balaban J connectivity index is 2.07. The molecule has 0 aliphatic heterocycles. The van der Waals surface area contributed by atoms with Gasteiger partial charge in [0.1, 0.15) is 22.5 Å². The van der Waals surface area contributed by atoms with E-state index in [-0.39, 0.29) is 0 Å². The topological polar surface area (TPSA) is 44.2 Å². The number of methoxy groups -OCH3 is 2. The molecule has 0 bridgehead atoms. The molecule has 1 fully saturated rings. The molecule has 0 amide bonds. The summed E-state index contributed by atoms with van der Waals surface area (Å²) in [5.74, 6) is 2.73. The number of ether oxygens (including phenoxy) is 2. The first kappa shape index (κ1) is 13.2. The van der Waals surface area contributed by atoms with Gasteiger partial charge >= 0.3 is 0 Å². The summed E-state index contributed by atoms with van der Waals surface area (Å²) in [6.07, 6.45) is 2.28. The van der Waals surface area contributed by atoms with E-state index in [1.54, 1.807) is 20.3 Å². The van der Waals surface area contributed by atoms with Gasteiger partial charge in [-0.3, -0.25) is 0 Å². The first-order valence-corrected chi connectivity index (χ1v) is 6.85. The zero-order valence-electron chi connectivity index (χ0n) is 11.4. The summed E-state index contributed by atoms with van der Waals surface area (Å²) in [4.78, 5) is 8.91. The van der Waals surface area contributed by atoms with Gasteiger partial charge in [0.15, 0.2) is 0 Å². The van der Waals surface area contributed by atoms with Gasteiger partial charge in [0, 0.05) is 23.6 Å². The summed E-state index contributed by atoms with van der Waals surface area (Å²) in [6.45, 7) is 0. The maximum absolute atomic E-state index is 6.11. The molecule has 0 unspecified atom stereocenters. The van der Waals surface area contributed by atoms with Crippen LogP contribution in [0.3, 0.4) is 0 Å². The molecule has 0 radical (unpaired) electrons. The number of halogens is 1. The van der Waals surface area contributed by atoms with Gasteiger partial charge in [-0.1, -0.05) is 11.6 Å². The molecule has 1 aliphatic rings. The Bertz CT molecular complexity index is 620. The number of rotatable bonds is 4. The predicted molar refractivity (Wildman–Crippen MR) is 77.6 cm³/mol. The molecule has 1 aromatic heterocycles. The van der Waals surface area contributed by atoms with E-state index in [9.17, 15) is 0 Å². The van der Waals surface area contributed by atoms with Crippen LogP contribution in [0, 0.1) is 0 Å². The molecule has 1 heterocycles. The van der Waals surface area contributed by atoms with Crippen molar-refractivity contribution in [3.63, 3.8) is 0 Å². The molecule has 4 nitrogen and oxygen atoms in total. The summed E-state index contributed by atoms with van der Waals surface area (Å²) < 4.78 is 10.6. The molecular formula is C15H15ClN2O2. The van der Waals surface area contributed by atoms with Crippen LogP contribution in [0.5, 0.6) is 11.5 Å². The van der Waals surface area contributed by atoms with Crippen molar-refractivity contribution >= 4 is 11.6 Å². The van der Waals surface area contributed by atoms with Gasteiger partial charge < -0.3 is 9.47 Å². The highest BCUT2D eigenvalue weighted by Gasteiger charge is 2.27. The van der Waals surface area contributed by atoms with Gasteiger partial charge in [0.05, 0.1) is 19.9 Å². The Labute approximate surface area is 122 Å². The summed E-state index contributed by atoms with van der Waals surface area (Å²) in [7, 11) is 3.25. The van der Waals surface area contributed by atoms with Gasteiger partial charge in [-0.25, -0.2) is 9.97 Å². The minimum atomic E-state index is 0.458. The Kier molecular flexibility index (Phi) is 3.49. The molecule has 0 N–H and O–H groups in total. The number of hydrogen-bond donors (Lipinski definition) is 0. The van der Waals surface area contributed by atoms with Crippen molar-refractivity contribution in [2.24, 2.45) is 0 Å². The average molecular weight is 291 g/mol. The van der Waals surface area contributed by atoms with Crippen LogP contribution >= 0.6 is 11.6 Å². The van der Waals surface area contributed by atoms with Gasteiger partial charge in [-0.05, 0) is 25.0 Å². The summed E-state index contributed by atoms with van der Waals surface area (Å²) in [5, 5.41) is 0.471. The van der Waals surface area contributed by atoms with Crippen molar-refractivity contribution < 1.29 is 9.47 Å². The fourth-order valence-electron chi connectivity index (χ4n) is 2.06. The van der Waals surface area contributed by atoms with Gasteiger partial charge in [-0.2, -0.15) is 0 Å². The molecule has 3 rings (SSSR count). The second kappa shape index (κ2) is 5.29. The number of hydrogen-bond acceptors (Lipinski definition) is 4. The molecule has 1 aliphatic carbocycles. The standard InChI is InChI=1S/C15H15ClN2O2/c1-19-11-5-10(6-12(7-11)20-2)13-8-14(16)18-15(17-13)9-3-4-9/h5-9H,3-4H2,1-2H3. The van der Waals surface area contributed by atoms with E-state index < -0.39 is 0 Å². The Morgan fingerprint density at radius 2 is 1.65 bits per heavy atom. The predicted octanol–water partition coefficient (Wildman–Crippen LogP) is 3.69. The van der Waals surface area contributed by atoms with E-state index in [0.717, 1.165) is 41.4 Å². The Hall–Kier alpha value is -1.81. The molecule has 0 spiro atoms. The number of benzene rings is 1. The zero-order valence-corrected chi connectivity index (χ0v) is 12.1. The number of aromatic nitrogens is 2. The summed E-state index contributed by atoms with van der Waals surface area (Å²) >= 11 is 6.11. The fourth-order valence-corrected chi connectivity index (χ4v) is 2.25. The van der Waals surface area contributed by atoms with Crippen molar-refractivity contribution in [3.05, 3.63) is 35.2 Å². The quantitative estimate of drug-likeness (QED) is 0.806. The van der Waals surface area contributed by atoms with E-state index in [2.05, 4.69) is 9.97 Å². The zero-order chi connectivity index (χ0) is 14.1. The van der Waals surface area contributed by atoms with E-state index >= 15 is 0 Å². The highest BCUT2D eigenvalue weighted by molar-refractivity contribution is 6.29. The van der Waals surface area contributed by atoms with E-state index in [1.165, 1.54) is 0 Å². The van der Waals surface area contributed by atoms with Crippen LogP contribution in [0.2, 0.25) is 5.15 Å². The second-order valence-corrected chi connectivity index (χ2v) is 5.20. The van der Waals surface area contributed by atoms with Gasteiger partial charge in [-0.15, -0.1) is 0 Å². The molecule has 1 aromatic carbocycles. The molecule has 2 aromatic rings. The smallest absolute Gasteiger partial charge is 0.133 e. The lowest BCUT2D eigenvalue weighted by Gasteiger charge is -2.09. The second-order valence-electron chi connectivity index (χ2n) is 4.81. The first-order valence-electron chi connectivity index (χ1n) is 6.47. The highest BCUT2D eigenvalue weighted by atomic mass is 35.5. The molecular weight excluding hydrogens is 276 g/mol. The molecule has 5 heteroatoms. The van der Waals surface area contributed by atoms with Crippen molar-refractivity contribution in [3.8, 4) is 22.8 Å². The van der Waals surface area contributed by atoms with Crippen LogP contribution in [0.25, 0.3) is 11.3 Å². The van der Waals surface area contributed by atoms with Crippen LogP contribution in [0.15, 0.2) is 24.3 Å². The Morgan fingerprint density at radius 3 is 2.20 bits per heavy atom. The lowest BCUT2D eigenvalue weighted by Crippen LogP contribution is -1.96. The van der Waals surface area contributed by atoms with Crippen LogP contribution < -0.4 is 9.47 Å². The van der Waals surface area contributed by atoms with Crippen molar-refractivity contribution in [2.75, 3.05) is 14.2 Å². The largest absolute Gasteiger partial charge is 0.497 e. The van der Waals surface area contributed by atoms with E-state index in [4.69, 9.17) is 21.1 Å². The normalized spacial score (nSPS) is 14.2. The molecule has 0 saturated heterocycles. The third-order valence-electron chi connectivity index (χ3n) is 3.30. The molecule has 0 atom stereocenters. The third kappa shape index (κ3) is 2.70. The third-order valence-corrected chi connectivity index (χ3v) is 3.50. The number of nitrogens with zero attached hydrogens (tertiary/aromatic N) is 2. The van der Waals surface area contributed by atoms with E-state index in [0.29, 0.717) is 11.1 Å². The van der Waals surface area contributed by atoms with Crippen molar-refractivity contribution in [1.82, 2.24) is 9.97 Å². The maximum Gasteiger partial charge on any atom is 0.133 e. The monoisotopic (exact) mass is 290 g/mol. The minimum absolute atomic E-state index is 0.458. The first-order chi connectivity index (χ1) is 9.69.